The maximum Gasteiger partial charge on any atom is 0.416 e. The molecule has 1 aromatic carbocycles. The van der Waals surface area contributed by atoms with Gasteiger partial charge in [-0.25, -0.2) is 15.0 Å². The number of rotatable bonds is 10. The highest BCUT2D eigenvalue weighted by molar-refractivity contribution is 5.84. The standard InChI is InChI=1S/C32H33F6N5/c1-20-4-2-5-24-14-25(29(41-28(20)24)42(16-21-6-7-21)17-22-8-9-22)19-43(30-39-10-3-11-40-30)18-23-12-26(31(33,34)35)15-27(13-23)32(36,37)38/h2-5,10-12,14-15,21-23H,6-9,13,16-19H2,1H3. The highest BCUT2D eigenvalue weighted by Crippen LogP contribution is 2.41. The monoisotopic (exact) mass is 601 g/mol. The third-order valence-corrected chi connectivity index (χ3v) is 8.32. The van der Waals surface area contributed by atoms with E-state index in [-0.39, 0.29) is 25.1 Å². The van der Waals surface area contributed by atoms with Gasteiger partial charge in [0.05, 0.1) is 11.1 Å². The molecule has 2 aromatic heterocycles. The summed E-state index contributed by atoms with van der Waals surface area (Å²) in [5, 5.41) is 0.921. The normalized spacial score (nSPS) is 19.3. The van der Waals surface area contributed by atoms with Crippen molar-refractivity contribution in [2.75, 3.05) is 29.4 Å². The Hall–Kier alpha value is -3.63. The van der Waals surface area contributed by atoms with Crippen LogP contribution in [0.5, 0.6) is 0 Å². The number of hydrogen-bond acceptors (Lipinski definition) is 5. The van der Waals surface area contributed by atoms with Crippen LogP contribution in [0.2, 0.25) is 0 Å². The second-order valence-corrected chi connectivity index (χ2v) is 12.1. The first-order valence-electron chi connectivity index (χ1n) is 14.7. The smallest absolute Gasteiger partial charge is 0.356 e. The Balaban J connectivity index is 1.39. The summed E-state index contributed by atoms with van der Waals surface area (Å²) in [6.07, 6.45) is -1.51. The summed E-state index contributed by atoms with van der Waals surface area (Å²) in [4.78, 5) is 17.9. The fraction of sp³-hybridized carbons (Fsp3) is 0.469. The van der Waals surface area contributed by atoms with Crippen molar-refractivity contribution in [2.24, 2.45) is 17.8 Å². The Morgan fingerprint density at radius 3 is 2.12 bits per heavy atom. The molecule has 3 aromatic rings. The zero-order valence-corrected chi connectivity index (χ0v) is 23.8. The van der Waals surface area contributed by atoms with Gasteiger partial charge < -0.3 is 9.80 Å². The minimum Gasteiger partial charge on any atom is -0.356 e. The molecule has 1 unspecified atom stereocenters. The molecule has 228 valence electrons. The first-order chi connectivity index (χ1) is 20.4. The highest BCUT2D eigenvalue weighted by Gasteiger charge is 2.42. The molecule has 43 heavy (non-hydrogen) atoms. The Kier molecular flexibility index (Phi) is 7.85. The van der Waals surface area contributed by atoms with Crippen LogP contribution in [0.1, 0.15) is 43.2 Å². The van der Waals surface area contributed by atoms with E-state index in [1.54, 1.807) is 11.0 Å². The molecule has 0 bridgehead atoms. The van der Waals surface area contributed by atoms with Crippen molar-refractivity contribution in [1.29, 1.82) is 0 Å². The number of aromatic nitrogens is 3. The lowest BCUT2D eigenvalue weighted by Gasteiger charge is -2.32. The molecule has 3 aliphatic carbocycles. The van der Waals surface area contributed by atoms with Crippen LogP contribution in [-0.4, -0.2) is 46.9 Å². The largest absolute Gasteiger partial charge is 0.416 e. The number of anilines is 2. The van der Waals surface area contributed by atoms with Crippen LogP contribution >= 0.6 is 0 Å². The van der Waals surface area contributed by atoms with Crippen molar-refractivity contribution in [1.82, 2.24) is 15.0 Å². The van der Waals surface area contributed by atoms with E-state index in [2.05, 4.69) is 14.9 Å². The van der Waals surface area contributed by atoms with Gasteiger partial charge in [-0.3, -0.25) is 0 Å². The van der Waals surface area contributed by atoms with Crippen LogP contribution in [0.4, 0.5) is 38.1 Å². The number of pyridine rings is 1. The van der Waals surface area contributed by atoms with Crippen molar-refractivity contribution >= 4 is 22.7 Å². The number of para-hydroxylation sites is 1. The molecule has 2 fully saturated rings. The number of aryl methyl sites for hydroxylation is 1. The second-order valence-electron chi connectivity index (χ2n) is 12.1. The summed E-state index contributed by atoms with van der Waals surface area (Å²) in [5.74, 6) is 1.17. The van der Waals surface area contributed by atoms with E-state index in [1.165, 1.54) is 12.4 Å². The van der Waals surface area contributed by atoms with E-state index >= 15 is 0 Å². The summed E-state index contributed by atoms with van der Waals surface area (Å²) >= 11 is 0. The molecule has 2 heterocycles. The van der Waals surface area contributed by atoms with E-state index in [0.717, 1.165) is 72.7 Å². The van der Waals surface area contributed by atoms with Gasteiger partial charge in [0.1, 0.15) is 5.82 Å². The Morgan fingerprint density at radius 2 is 1.51 bits per heavy atom. The molecule has 0 amide bonds. The number of nitrogens with zero attached hydrogens (tertiary/aromatic N) is 5. The van der Waals surface area contributed by atoms with E-state index in [4.69, 9.17) is 4.98 Å². The molecule has 11 heteroatoms. The molecule has 0 spiro atoms. The average molecular weight is 602 g/mol. The first kappa shape index (κ1) is 29.4. The molecule has 5 nitrogen and oxygen atoms in total. The lowest BCUT2D eigenvalue weighted by Crippen LogP contribution is -2.35. The molecule has 0 saturated heterocycles. The van der Waals surface area contributed by atoms with Crippen molar-refractivity contribution in [3.63, 3.8) is 0 Å². The minimum atomic E-state index is -4.90. The van der Waals surface area contributed by atoms with Crippen LogP contribution in [0.3, 0.4) is 0 Å². The Bertz CT molecular complexity index is 1510. The highest BCUT2D eigenvalue weighted by atomic mass is 19.4. The van der Waals surface area contributed by atoms with Gasteiger partial charge in [0.2, 0.25) is 5.95 Å². The molecular formula is C32H33F6N5. The third-order valence-electron chi connectivity index (χ3n) is 8.32. The fourth-order valence-electron chi connectivity index (χ4n) is 5.78. The van der Waals surface area contributed by atoms with Gasteiger partial charge in [-0.15, -0.1) is 0 Å². The minimum absolute atomic E-state index is 0.131. The van der Waals surface area contributed by atoms with Crippen LogP contribution in [0, 0.1) is 24.7 Å². The van der Waals surface area contributed by atoms with Gasteiger partial charge in [-0.05, 0) is 80.6 Å². The number of allylic oxidation sites excluding steroid dienone is 3. The van der Waals surface area contributed by atoms with Crippen LogP contribution in [-0.2, 0) is 6.54 Å². The lowest BCUT2D eigenvalue weighted by atomic mass is 9.89. The van der Waals surface area contributed by atoms with Gasteiger partial charge in [0, 0.05) is 55.1 Å². The average Bonchev–Trinajstić information content (AvgIpc) is 3.89. The number of hydrogen-bond donors (Lipinski definition) is 0. The van der Waals surface area contributed by atoms with Crippen LogP contribution in [0.15, 0.2) is 66.0 Å². The van der Waals surface area contributed by atoms with Crippen LogP contribution < -0.4 is 9.80 Å². The molecule has 2 saturated carbocycles. The number of benzene rings is 1. The topological polar surface area (TPSA) is 45.2 Å². The summed E-state index contributed by atoms with van der Waals surface area (Å²) in [6.45, 7) is 3.80. The summed E-state index contributed by atoms with van der Waals surface area (Å²) in [6, 6.07) is 9.59. The molecule has 0 aliphatic heterocycles. The van der Waals surface area contributed by atoms with Gasteiger partial charge in [-0.1, -0.05) is 24.3 Å². The summed E-state index contributed by atoms with van der Waals surface area (Å²) in [5.41, 5.74) is 0.280. The molecule has 1 atom stereocenters. The quantitative estimate of drug-likeness (QED) is 0.221. The van der Waals surface area contributed by atoms with E-state index in [0.29, 0.717) is 11.8 Å². The SMILES string of the molecule is Cc1cccc2cc(CN(CC3C=C(C(F)(F)F)C=C(C(F)(F)F)C3)c3ncccn3)c(N(CC3CC3)CC3CC3)nc12. The van der Waals surface area contributed by atoms with E-state index < -0.39 is 35.8 Å². The van der Waals surface area contributed by atoms with Gasteiger partial charge in [-0.2, -0.15) is 26.3 Å². The molecular weight excluding hydrogens is 568 g/mol. The van der Waals surface area contributed by atoms with Crippen molar-refractivity contribution in [3.05, 3.63) is 77.2 Å². The van der Waals surface area contributed by atoms with Gasteiger partial charge in [0.25, 0.3) is 0 Å². The van der Waals surface area contributed by atoms with Crippen molar-refractivity contribution in [2.45, 2.75) is 57.9 Å². The Morgan fingerprint density at radius 1 is 0.837 bits per heavy atom. The third kappa shape index (κ3) is 7.13. The van der Waals surface area contributed by atoms with E-state index in [1.807, 2.05) is 31.2 Å². The molecule has 6 rings (SSSR count). The predicted molar refractivity (Wildman–Crippen MR) is 154 cm³/mol. The van der Waals surface area contributed by atoms with Crippen molar-refractivity contribution < 1.29 is 26.3 Å². The predicted octanol–water partition coefficient (Wildman–Crippen LogP) is 7.96. The zero-order chi connectivity index (χ0) is 30.4. The summed E-state index contributed by atoms with van der Waals surface area (Å²) in [7, 11) is 0. The second kappa shape index (κ2) is 11.5. The molecule has 0 N–H and O–H groups in total. The maximum absolute atomic E-state index is 13.7. The molecule has 0 radical (unpaired) electrons. The first-order valence-corrected chi connectivity index (χ1v) is 14.7. The number of fused-ring (bicyclic) bond motifs is 1. The van der Waals surface area contributed by atoms with Gasteiger partial charge in [0.15, 0.2) is 0 Å². The Labute approximate surface area is 246 Å². The fourth-order valence-corrected chi connectivity index (χ4v) is 5.78. The van der Waals surface area contributed by atoms with Crippen molar-refractivity contribution in [3.8, 4) is 0 Å². The van der Waals surface area contributed by atoms with E-state index in [9.17, 15) is 26.3 Å². The summed E-state index contributed by atoms with van der Waals surface area (Å²) < 4.78 is 82.2. The number of alkyl halides is 6. The zero-order valence-electron chi connectivity index (χ0n) is 23.8. The van der Waals surface area contributed by atoms with Crippen LogP contribution in [0.25, 0.3) is 10.9 Å². The maximum atomic E-state index is 13.7. The molecule has 3 aliphatic rings. The number of halogens is 6. The van der Waals surface area contributed by atoms with Gasteiger partial charge >= 0.3 is 12.4 Å². The lowest BCUT2D eigenvalue weighted by molar-refractivity contribution is -0.0999.